The topological polar surface area (TPSA) is 76.0 Å². The Hall–Kier alpha value is -4.07. The number of carbonyl (C=O) groups is 1. The van der Waals surface area contributed by atoms with Crippen molar-refractivity contribution in [3.8, 4) is 5.69 Å². The van der Waals surface area contributed by atoms with Crippen LogP contribution in [0.4, 0.5) is 19.3 Å². The predicted octanol–water partition coefficient (Wildman–Crippen LogP) is 3.99. The molecule has 4 aromatic rings. The van der Waals surface area contributed by atoms with Crippen LogP contribution in [0.3, 0.4) is 0 Å². The van der Waals surface area contributed by atoms with Crippen LogP contribution in [-0.4, -0.2) is 15.6 Å². The molecule has 6 nitrogen and oxygen atoms in total. The van der Waals surface area contributed by atoms with Crippen LogP contribution in [0.15, 0.2) is 77.6 Å². The number of fused-ring (bicyclic) bond motifs is 1. The number of rotatable bonds is 4. The number of carbonyl (C=O) groups excluding carboxylic acids is 1. The molecular formula is C22H16F2N4O2. The van der Waals surface area contributed by atoms with Crippen LogP contribution in [0, 0.1) is 11.6 Å². The zero-order valence-electron chi connectivity index (χ0n) is 15.6. The van der Waals surface area contributed by atoms with Gasteiger partial charge in [-0.2, -0.15) is 0 Å². The summed E-state index contributed by atoms with van der Waals surface area (Å²) in [7, 11) is 0. The lowest BCUT2D eigenvalue weighted by Gasteiger charge is -2.14. The van der Waals surface area contributed by atoms with E-state index >= 15 is 0 Å². The molecule has 0 atom stereocenters. The maximum Gasteiger partial charge on any atom is 0.319 e. The van der Waals surface area contributed by atoms with E-state index in [0.29, 0.717) is 16.6 Å². The van der Waals surface area contributed by atoms with E-state index in [1.54, 1.807) is 30.3 Å². The maximum atomic E-state index is 13.4. The first-order valence-electron chi connectivity index (χ1n) is 9.08. The molecule has 2 amide bonds. The van der Waals surface area contributed by atoms with Gasteiger partial charge in [0.2, 0.25) is 0 Å². The van der Waals surface area contributed by atoms with Gasteiger partial charge >= 0.3 is 6.03 Å². The van der Waals surface area contributed by atoms with Gasteiger partial charge in [0.05, 0.1) is 23.1 Å². The number of nitrogens with zero attached hydrogens (tertiary/aromatic N) is 2. The number of urea groups is 1. The third kappa shape index (κ3) is 4.02. The van der Waals surface area contributed by atoms with Gasteiger partial charge in [-0.25, -0.2) is 18.6 Å². The Bertz CT molecular complexity index is 1290. The molecule has 0 fully saturated rings. The number of amides is 2. The number of aromatic nitrogens is 2. The molecule has 0 spiro atoms. The lowest BCUT2D eigenvalue weighted by molar-refractivity contribution is 0.251. The molecule has 0 aliphatic heterocycles. The number of hydrogen-bond donors (Lipinski definition) is 2. The number of nitrogens with one attached hydrogen (secondary N) is 2. The molecule has 0 aliphatic carbocycles. The summed E-state index contributed by atoms with van der Waals surface area (Å²) >= 11 is 0. The lowest BCUT2D eigenvalue weighted by Crippen LogP contribution is -2.32. The van der Waals surface area contributed by atoms with E-state index in [4.69, 9.17) is 0 Å². The molecule has 1 heterocycles. The maximum absolute atomic E-state index is 13.4. The van der Waals surface area contributed by atoms with Crippen LogP contribution in [-0.2, 0) is 6.54 Å². The largest absolute Gasteiger partial charge is 0.331 e. The molecule has 0 saturated heterocycles. The molecule has 0 bridgehead atoms. The molecule has 1 aromatic heterocycles. The average molecular weight is 406 g/mol. The zero-order valence-corrected chi connectivity index (χ0v) is 15.6. The van der Waals surface area contributed by atoms with E-state index in [2.05, 4.69) is 15.6 Å². The smallest absolute Gasteiger partial charge is 0.319 e. The van der Waals surface area contributed by atoms with Crippen LogP contribution in [0.1, 0.15) is 5.82 Å². The number of hydrogen-bond acceptors (Lipinski definition) is 3. The molecule has 0 aliphatic rings. The first-order valence-corrected chi connectivity index (χ1v) is 9.08. The SMILES string of the molecule is O=C(NCc1nc2ccccc2c(=O)n1-c1ccc(F)cc1)Nc1cccc(F)c1. The van der Waals surface area contributed by atoms with Gasteiger partial charge in [0.1, 0.15) is 17.5 Å². The Balaban J connectivity index is 1.67. The quantitative estimate of drug-likeness (QED) is 0.538. The minimum absolute atomic E-state index is 0.0847. The minimum atomic E-state index is -0.589. The Morgan fingerprint density at radius 2 is 1.70 bits per heavy atom. The summed E-state index contributed by atoms with van der Waals surface area (Å²) in [5.74, 6) is -0.650. The van der Waals surface area contributed by atoms with Crippen LogP contribution in [0.25, 0.3) is 16.6 Å². The van der Waals surface area contributed by atoms with E-state index in [1.807, 2.05) is 0 Å². The average Bonchev–Trinajstić information content (AvgIpc) is 2.73. The molecule has 0 unspecified atom stereocenters. The predicted molar refractivity (Wildman–Crippen MR) is 110 cm³/mol. The molecular weight excluding hydrogens is 390 g/mol. The van der Waals surface area contributed by atoms with Gasteiger partial charge in [0.15, 0.2) is 0 Å². The molecule has 30 heavy (non-hydrogen) atoms. The summed E-state index contributed by atoms with van der Waals surface area (Å²) in [4.78, 5) is 29.8. The van der Waals surface area contributed by atoms with E-state index in [-0.39, 0.29) is 23.6 Å². The normalized spacial score (nSPS) is 10.7. The highest BCUT2D eigenvalue weighted by atomic mass is 19.1. The summed E-state index contributed by atoms with van der Waals surface area (Å²) in [5.41, 5.74) is 0.842. The van der Waals surface area contributed by atoms with E-state index in [1.165, 1.54) is 47.0 Å². The van der Waals surface area contributed by atoms with Crippen molar-refractivity contribution in [2.24, 2.45) is 0 Å². The molecule has 0 radical (unpaired) electrons. The summed E-state index contributed by atoms with van der Waals surface area (Å²) in [6.45, 7) is -0.0847. The second-order valence-electron chi connectivity index (χ2n) is 6.48. The van der Waals surface area contributed by atoms with Crippen molar-refractivity contribution in [3.63, 3.8) is 0 Å². The first kappa shape index (κ1) is 19.3. The molecule has 0 saturated carbocycles. The Morgan fingerprint density at radius 3 is 2.47 bits per heavy atom. The van der Waals surface area contributed by atoms with Gasteiger partial charge < -0.3 is 10.6 Å². The van der Waals surface area contributed by atoms with Gasteiger partial charge in [-0.05, 0) is 54.6 Å². The van der Waals surface area contributed by atoms with Crippen LogP contribution in [0.5, 0.6) is 0 Å². The second-order valence-corrected chi connectivity index (χ2v) is 6.48. The number of anilines is 1. The van der Waals surface area contributed by atoms with Gasteiger partial charge in [-0.15, -0.1) is 0 Å². The summed E-state index contributed by atoms with van der Waals surface area (Å²) < 4.78 is 28.0. The molecule has 2 N–H and O–H groups in total. The lowest BCUT2D eigenvalue weighted by atomic mass is 10.2. The minimum Gasteiger partial charge on any atom is -0.331 e. The van der Waals surface area contributed by atoms with Gasteiger partial charge in [0.25, 0.3) is 5.56 Å². The van der Waals surface area contributed by atoms with Gasteiger partial charge in [-0.3, -0.25) is 9.36 Å². The fourth-order valence-electron chi connectivity index (χ4n) is 3.05. The van der Waals surface area contributed by atoms with E-state index in [0.717, 1.165) is 0 Å². The fraction of sp³-hybridized carbons (Fsp3) is 0.0455. The Morgan fingerprint density at radius 1 is 0.933 bits per heavy atom. The van der Waals surface area contributed by atoms with Crippen LogP contribution in [0.2, 0.25) is 0 Å². The van der Waals surface area contributed by atoms with Gasteiger partial charge in [0, 0.05) is 5.69 Å². The summed E-state index contributed by atoms with van der Waals surface area (Å²) in [6.07, 6.45) is 0. The van der Waals surface area contributed by atoms with Crippen molar-refractivity contribution in [2.45, 2.75) is 6.54 Å². The number of halogens is 2. The Labute approximate surface area is 169 Å². The number of benzene rings is 3. The zero-order chi connectivity index (χ0) is 21.1. The third-order valence-corrected chi connectivity index (χ3v) is 4.42. The summed E-state index contributed by atoms with van der Waals surface area (Å²) in [6, 6.07) is 17.1. The highest BCUT2D eigenvalue weighted by Crippen LogP contribution is 2.14. The molecule has 4 rings (SSSR count). The third-order valence-electron chi connectivity index (χ3n) is 4.42. The Kier molecular flexibility index (Phi) is 5.21. The first-order chi connectivity index (χ1) is 14.5. The summed E-state index contributed by atoms with van der Waals surface area (Å²) in [5, 5.41) is 5.53. The fourth-order valence-corrected chi connectivity index (χ4v) is 3.05. The van der Waals surface area contributed by atoms with Gasteiger partial charge in [-0.1, -0.05) is 18.2 Å². The van der Waals surface area contributed by atoms with Crippen molar-refractivity contribution < 1.29 is 13.6 Å². The van der Waals surface area contributed by atoms with E-state index < -0.39 is 17.7 Å². The highest BCUT2D eigenvalue weighted by molar-refractivity contribution is 5.89. The van der Waals surface area contributed by atoms with Crippen molar-refractivity contribution in [1.82, 2.24) is 14.9 Å². The molecule has 8 heteroatoms. The van der Waals surface area contributed by atoms with Crippen molar-refractivity contribution in [3.05, 3.63) is 101 Å². The molecule has 150 valence electrons. The van der Waals surface area contributed by atoms with Crippen LogP contribution < -0.4 is 16.2 Å². The van der Waals surface area contributed by atoms with Crippen molar-refractivity contribution in [2.75, 3.05) is 5.32 Å². The standard InChI is InChI=1S/C22H16F2N4O2/c23-14-8-10-17(11-9-14)28-20(27-19-7-2-1-6-18(19)21(28)29)13-25-22(30)26-16-5-3-4-15(24)12-16/h1-12H,13H2,(H2,25,26,30). The molecule has 3 aromatic carbocycles. The van der Waals surface area contributed by atoms with Crippen molar-refractivity contribution in [1.29, 1.82) is 0 Å². The number of para-hydroxylation sites is 1. The second kappa shape index (κ2) is 8.12. The van der Waals surface area contributed by atoms with Crippen molar-refractivity contribution >= 4 is 22.6 Å². The monoisotopic (exact) mass is 406 g/mol. The van der Waals surface area contributed by atoms with Crippen LogP contribution >= 0.6 is 0 Å². The van der Waals surface area contributed by atoms with E-state index in [9.17, 15) is 18.4 Å². The highest BCUT2D eigenvalue weighted by Gasteiger charge is 2.14.